The van der Waals surface area contributed by atoms with Crippen LogP contribution in [0.1, 0.15) is 11.1 Å². The number of ether oxygens (including phenoxy) is 2. The van der Waals surface area contributed by atoms with Crippen molar-refractivity contribution >= 4 is 85.8 Å². The predicted octanol–water partition coefficient (Wildman–Crippen LogP) is 5.22. The number of fused-ring (bicyclic) bond motifs is 1. The van der Waals surface area contributed by atoms with Gasteiger partial charge < -0.3 is 14.6 Å². The van der Waals surface area contributed by atoms with Crippen LogP contribution in [-0.2, 0) is 11.3 Å². The largest absolute Gasteiger partial charge is 0.506 e. The lowest BCUT2D eigenvalue weighted by molar-refractivity contribution is -0.123. The summed E-state index contributed by atoms with van der Waals surface area (Å²) in [5, 5.41) is 9.91. The van der Waals surface area contributed by atoms with E-state index in [1.54, 1.807) is 30.3 Å². The highest BCUT2D eigenvalue weighted by Crippen LogP contribution is 2.39. The molecule has 0 radical (unpaired) electrons. The highest BCUT2D eigenvalue weighted by molar-refractivity contribution is 14.1. The second-order valence-electron chi connectivity index (χ2n) is 5.90. The summed E-state index contributed by atoms with van der Waals surface area (Å²) in [7, 11) is 0. The molecule has 2 aromatic carbocycles. The van der Waals surface area contributed by atoms with Crippen molar-refractivity contribution in [3.8, 4) is 17.2 Å². The number of amides is 2. The van der Waals surface area contributed by atoms with E-state index < -0.39 is 0 Å². The molecule has 2 amide bonds. The number of nitrogens with zero attached hydrogens (tertiary/aromatic N) is 1. The van der Waals surface area contributed by atoms with Crippen molar-refractivity contribution in [1.82, 2.24) is 4.90 Å². The summed E-state index contributed by atoms with van der Waals surface area (Å²) in [5.74, 6) is 0.889. The summed E-state index contributed by atoms with van der Waals surface area (Å²) < 4.78 is 11.9. The maximum atomic E-state index is 12.8. The molecule has 0 aliphatic carbocycles. The smallest absolute Gasteiger partial charge is 0.293 e. The van der Waals surface area contributed by atoms with Gasteiger partial charge in [0.2, 0.25) is 6.79 Å². The molecule has 2 heterocycles. The standard InChI is InChI=1S/C18H10ClI2NO5S/c19-10-5-14-13(26-7-27-14)4-9(10)6-22-17(24)15(28-18(22)25)3-8-1-11(20)16(23)12(21)2-8/h1-5,23H,6-7H2/b15-3+. The molecule has 144 valence electrons. The van der Waals surface area contributed by atoms with Crippen LogP contribution in [0.5, 0.6) is 17.2 Å². The van der Waals surface area contributed by atoms with E-state index in [1.807, 2.05) is 45.2 Å². The predicted molar refractivity (Wildman–Crippen MR) is 123 cm³/mol. The zero-order chi connectivity index (χ0) is 20.0. The maximum Gasteiger partial charge on any atom is 0.293 e. The molecular formula is C18H10ClI2NO5S. The summed E-state index contributed by atoms with van der Waals surface area (Å²) >= 11 is 11.2. The molecule has 1 fully saturated rings. The van der Waals surface area contributed by atoms with Crippen molar-refractivity contribution in [2.45, 2.75) is 6.54 Å². The first-order valence-electron chi connectivity index (χ1n) is 7.85. The number of aromatic hydroxyl groups is 1. The molecule has 28 heavy (non-hydrogen) atoms. The van der Waals surface area contributed by atoms with Crippen molar-refractivity contribution in [1.29, 1.82) is 0 Å². The molecule has 1 N–H and O–H groups in total. The van der Waals surface area contributed by atoms with E-state index in [1.165, 1.54) is 0 Å². The van der Waals surface area contributed by atoms with Crippen LogP contribution in [0.2, 0.25) is 5.02 Å². The molecular weight excluding hydrogens is 632 g/mol. The number of thioether (sulfide) groups is 1. The Kier molecular flexibility index (Phi) is 5.69. The van der Waals surface area contributed by atoms with Gasteiger partial charge in [-0.25, -0.2) is 0 Å². The first-order chi connectivity index (χ1) is 13.3. The van der Waals surface area contributed by atoms with Crippen molar-refractivity contribution in [2.24, 2.45) is 0 Å². The van der Waals surface area contributed by atoms with Crippen LogP contribution in [0.25, 0.3) is 6.08 Å². The van der Waals surface area contributed by atoms with Gasteiger partial charge in [-0.1, -0.05) is 11.6 Å². The summed E-state index contributed by atoms with van der Waals surface area (Å²) in [5.41, 5.74) is 1.33. The Bertz CT molecular complexity index is 1040. The first kappa shape index (κ1) is 20.1. The molecule has 6 nitrogen and oxygen atoms in total. The lowest BCUT2D eigenvalue weighted by atomic mass is 10.1. The lowest BCUT2D eigenvalue weighted by Crippen LogP contribution is -2.27. The van der Waals surface area contributed by atoms with Gasteiger partial charge in [-0.2, -0.15) is 0 Å². The quantitative estimate of drug-likeness (QED) is 0.366. The summed E-state index contributed by atoms with van der Waals surface area (Å²) in [6.07, 6.45) is 1.65. The van der Waals surface area contributed by atoms with Crippen LogP contribution in [0.4, 0.5) is 4.79 Å². The fourth-order valence-electron chi connectivity index (χ4n) is 2.71. The van der Waals surface area contributed by atoms with E-state index in [9.17, 15) is 14.7 Å². The molecule has 0 spiro atoms. The van der Waals surface area contributed by atoms with Crippen LogP contribution in [-0.4, -0.2) is 27.9 Å². The molecule has 0 atom stereocenters. The van der Waals surface area contributed by atoms with Gasteiger partial charge in [-0.3, -0.25) is 14.5 Å². The minimum absolute atomic E-state index is 0.0438. The SMILES string of the molecule is O=C1S/C(=C/c2cc(I)c(O)c(I)c2)C(=O)N1Cc1cc2c(cc1Cl)OCO2. The minimum atomic E-state index is -0.387. The van der Waals surface area contributed by atoms with Crippen LogP contribution in [0, 0.1) is 7.14 Å². The summed E-state index contributed by atoms with van der Waals surface area (Å²) in [6, 6.07) is 6.80. The van der Waals surface area contributed by atoms with E-state index in [2.05, 4.69) is 0 Å². The molecule has 2 aliphatic heterocycles. The number of phenols is 1. The molecule has 4 rings (SSSR count). The number of benzene rings is 2. The van der Waals surface area contributed by atoms with Crippen LogP contribution < -0.4 is 9.47 Å². The van der Waals surface area contributed by atoms with E-state index in [-0.39, 0.29) is 30.2 Å². The number of carbonyl (C=O) groups excluding carboxylic acids is 2. The Balaban J connectivity index is 1.60. The van der Waals surface area contributed by atoms with Crippen LogP contribution in [0.15, 0.2) is 29.2 Å². The second-order valence-corrected chi connectivity index (χ2v) is 9.62. The summed E-state index contributed by atoms with van der Waals surface area (Å²) in [6.45, 7) is 0.159. The Morgan fingerprint density at radius 1 is 1.14 bits per heavy atom. The van der Waals surface area contributed by atoms with Gasteiger partial charge in [0, 0.05) is 11.1 Å². The third kappa shape index (κ3) is 3.81. The zero-order valence-corrected chi connectivity index (χ0v) is 19.8. The van der Waals surface area contributed by atoms with Crippen molar-refractivity contribution in [3.05, 3.63) is 52.5 Å². The Morgan fingerprint density at radius 3 is 2.46 bits per heavy atom. The molecule has 10 heteroatoms. The monoisotopic (exact) mass is 641 g/mol. The average molecular weight is 642 g/mol. The molecule has 0 saturated carbocycles. The number of phenolic OH excluding ortho intramolecular Hbond substituents is 1. The number of rotatable bonds is 3. The minimum Gasteiger partial charge on any atom is -0.506 e. The van der Waals surface area contributed by atoms with Gasteiger partial charge >= 0.3 is 0 Å². The van der Waals surface area contributed by atoms with Gasteiger partial charge in [0.1, 0.15) is 5.75 Å². The molecule has 2 aliphatic rings. The molecule has 0 bridgehead atoms. The summed E-state index contributed by atoms with van der Waals surface area (Å²) in [4.78, 5) is 26.6. The Hall–Kier alpha value is -1.18. The van der Waals surface area contributed by atoms with E-state index >= 15 is 0 Å². The number of carbonyl (C=O) groups is 2. The molecule has 0 aromatic heterocycles. The number of imide groups is 1. The van der Waals surface area contributed by atoms with E-state index in [0.717, 1.165) is 22.2 Å². The molecule has 1 saturated heterocycles. The van der Waals surface area contributed by atoms with Gasteiger partial charge in [-0.15, -0.1) is 0 Å². The first-order valence-corrected chi connectivity index (χ1v) is 11.2. The zero-order valence-electron chi connectivity index (χ0n) is 13.9. The third-order valence-corrected chi connectivity index (χ3v) is 6.98. The number of hydrogen-bond acceptors (Lipinski definition) is 6. The highest BCUT2D eigenvalue weighted by atomic mass is 127. The highest BCUT2D eigenvalue weighted by Gasteiger charge is 2.35. The van der Waals surface area contributed by atoms with Crippen molar-refractivity contribution < 1.29 is 24.2 Å². The second kappa shape index (κ2) is 7.92. The Labute approximate surface area is 196 Å². The average Bonchev–Trinajstić information content (AvgIpc) is 3.19. The van der Waals surface area contributed by atoms with Gasteiger partial charge in [0.25, 0.3) is 11.1 Å². The molecule has 2 aromatic rings. The van der Waals surface area contributed by atoms with Gasteiger partial charge in [0.15, 0.2) is 11.5 Å². The van der Waals surface area contributed by atoms with E-state index in [0.29, 0.717) is 34.1 Å². The number of halogens is 3. The lowest BCUT2D eigenvalue weighted by Gasteiger charge is -2.14. The topological polar surface area (TPSA) is 76.1 Å². The normalized spacial score (nSPS) is 17.1. The van der Waals surface area contributed by atoms with Gasteiger partial charge in [-0.05, 0) is 92.3 Å². The fraction of sp³-hybridized carbons (Fsp3) is 0.111. The number of hydrogen-bond donors (Lipinski definition) is 1. The fourth-order valence-corrected chi connectivity index (χ4v) is 5.57. The molecule has 0 unspecified atom stereocenters. The maximum absolute atomic E-state index is 12.8. The van der Waals surface area contributed by atoms with E-state index in [4.69, 9.17) is 21.1 Å². The third-order valence-electron chi connectivity index (χ3n) is 4.08. The van der Waals surface area contributed by atoms with Crippen molar-refractivity contribution in [2.75, 3.05) is 6.79 Å². The Morgan fingerprint density at radius 2 is 1.79 bits per heavy atom. The van der Waals surface area contributed by atoms with Crippen LogP contribution >= 0.6 is 68.5 Å². The van der Waals surface area contributed by atoms with Crippen LogP contribution in [0.3, 0.4) is 0 Å². The van der Waals surface area contributed by atoms with Gasteiger partial charge in [0.05, 0.1) is 18.6 Å². The van der Waals surface area contributed by atoms with Crippen molar-refractivity contribution in [3.63, 3.8) is 0 Å².